The number of anilines is 1. The molecule has 6 nitrogen and oxygen atoms in total. The molecule has 0 bridgehead atoms. The molecular formula is C19H27N5OS. The number of amides is 1. The van der Waals surface area contributed by atoms with E-state index < -0.39 is 0 Å². The normalized spacial score (nSPS) is 15.1. The van der Waals surface area contributed by atoms with Crippen LogP contribution in [0, 0.1) is 0 Å². The number of hydrogen-bond acceptors (Lipinski definition) is 5. The highest BCUT2D eigenvalue weighted by molar-refractivity contribution is 7.99. The first-order valence-corrected chi connectivity index (χ1v) is 10.1. The lowest BCUT2D eigenvalue weighted by molar-refractivity contribution is -0.119. The van der Waals surface area contributed by atoms with E-state index in [-0.39, 0.29) is 11.4 Å². The molecule has 1 N–H and O–H groups in total. The second-order valence-electron chi connectivity index (χ2n) is 7.59. The standard InChI is InChI=1S/C19H27N5OS/c1-19(2,3)20-16(25)14-26-18-22-21-17(23-12-8-5-9-13-23)24(18)15-10-6-4-7-11-15/h4,6-7,10-11H,5,8-9,12-14H2,1-3H3,(H,20,25). The van der Waals surface area contributed by atoms with Crippen molar-refractivity contribution < 1.29 is 4.79 Å². The molecule has 0 spiro atoms. The minimum absolute atomic E-state index is 0.00429. The average Bonchev–Trinajstić information content (AvgIpc) is 3.04. The van der Waals surface area contributed by atoms with Crippen molar-refractivity contribution in [2.24, 2.45) is 0 Å². The Kier molecular flexibility index (Phi) is 5.86. The van der Waals surface area contributed by atoms with Crippen molar-refractivity contribution in [1.29, 1.82) is 0 Å². The fraction of sp³-hybridized carbons (Fsp3) is 0.526. The molecule has 0 radical (unpaired) electrons. The zero-order chi connectivity index (χ0) is 18.6. The van der Waals surface area contributed by atoms with E-state index in [1.54, 1.807) is 0 Å². The van der Waals surface area contributed by atoms with Crippen LogP contribution in [0.15, 0.2) is 35.5 Å². The lowest BCUT2D eigenvalue weighted by Crippen LogP contribution is -2.41. The monoisotopic (exact) mass is 373 g/mol. The van der Waals surface area contributed by atoms with E-state index in [1.165, 1.54) is 31.0 Å². The van der Waals surface area contributed by atoms with Crippen molar-refractivity contribution in [3.63, 3.8) is 0 Å². The van der Waals surface area contributed by atoms with Crippen molar-refractivity contribution in [2.75, 3.05) is 23.7 Å². The smallest absolute Gasteiger partial charge is 0.232 e. The minimum atomic E-state index is -0.232. The maximum Gasteiger partial charge on any atom is 0.232 e. The zero-order valence-electron chi connectivity index (χ0n) is 15.7. The maximum atomic E-state index is 12.2. The first-order valence-electron chi connectivity index (χ1n) is 9.14. The first-order chi connectivity index (χ1) is 12.4. The molecule has 140 valence electrons. The van der Waals surface area contributed by atoms with Gasteiger partial charge in [-0.2, -0.15) is 0 Å². The molecule has 0 aliphatic carbocycles. The molecule has 1 aliphatic rings. The molecule has 1 aliphatic heterocycles. The van der Waals surface area contributed by atoms with E-state index >= 15 is 0 Å². The van der Waals surface area contributed by atoms with Gasteiger partial charge in [0.1, 0.15) is 0 Å². The summed E-state index contributed by atoms with van der Waals surface area (Å²) in [7, 11) is 0. The number of carbonyl (C=O) groups excluding carboxylic acids is 1. The van der Waals surface area contributed by atoms with Gasteiger partial charge in [-0.15, -0.1) is 10.2 Å². The van der Waals surface area contributed by atoms with Crippen LogP contribution in [0.25, 0.3) is 5.69 Å². The molecule has 3 rings (SSSR count). The number of thioether (sulfide) groups is 1. The van der Waals surface area contributed by atoms with Gasteiger partial charge < -0.3 is 10.2 Å². The number of para-hydroxylation sites is 1. The Balaban J connectivity index is 1.83. The maximum absolute atomic E-state index is 12.2. The predicted molar refractivity (Wildman–Crippen MR) is 106 cm³/mol. The molecule has 7 heteroatoms. The lowest BCUT2D eigenvalue weighted by Gasteiger charge is -2.27. The number of piperidine rings is 1. The summed E-state index contributed by atoms with van der Waals surface area (Å²) < 4.78 is 2.07. The third kappa shape index (κ3) is 4.78. The van der Waals surface area contributed by atoms with Gasteiger partial charge in [-0.25, -0.2) is 0 Å². The average molecular weight is 374 g/mol. The third-order valence-corrected chi connectivity index (χ3v) is 5.05. The molecule has 2 aromatic rings. The van der Waals surface area contributed by atoms with Gasteiger partial charge in [0.05, 0.1) is 11.4 Å². The van der Waals surface area contributed by atoms with Gasteiger partial charge in [-0.1, -0.05) is 30.0 Å². The number of benzene rings is 1. The largest absolute Gasteiger partial charge is 0.351 e. The molecule has 1 aromatic carbocycles. The van der Waals surface area contributed by atoms with E-state index in [4.69, 9.17) is 0 Å². The van der Waals surface area contributed by atoms with Crippen LogP contribution in [0.4, 0.5) is 5.95 Å². The third-order valence-electron chi connectivity index (χ3n) is 4.12. The molecule has 26 heavy (non-hydrogen) atoms. The Morgan fingerprint density at radius 2 is 1.81 bits per heavy atom. The SMILES string of the molecule is CC(C)(C)NC(=O)CSc1nnc(N2CCCCC2)n1-c1ccccc1. The minimum Gasteiger partial charge on any atom is -0.351 e. The van der Waals surface area contributed by atoms with Crippen LogP contribution in [0.5, 0.6) is 0 Å². The molecule has 1 saturated heterocycles. The molecule has 1 aromatic heterocycles. The highest BCUT2D eigenvalue weighted by Crippen LogP contribution is 2.28. The summed E-state index contributed by atoms with van der Waals surface area (Å²) in [5.74, 6) is 1.20. The summed E-state index contributed by atoms with van der Waals surface area (Å²) in [5, 5.41) is 12.6. The van der Waals surface area contributed by atoms with Gasteiger partial charge in [0.2, 0.25) is 11.9 Å². The zero-order valence-corrected chi connectivity index (χ0v) is 16.6. The summed E-state index contributed by atoms with van der Waals surface area (Å²) in [4.78, 5) is 14.5. The summed E-state index contributed by atoms with van der Waals surface area (Å²) in [6.45, 7) is 7.95. The fourth-order valence-corrected chi connectivity index (χ4v) is 3.79. The topological polar surface area (TPSA) is 63.1 Å². The highest BCUT2D eigenvalue weighted by atomic mass is 32.2. The van der Waals surface area contributed by atoms with Crippen LogP contribution in [-0.4, -0.2) is 45.1 Å². The number of carbonyl (C=O) groups is 1. The number of nitrogens with zero attached hydrogens (tertiary/aromatic N) is 4. The number of hydrogen-bond donors (Lipinski definition) is 1. The molecule has 1 amide bonds. The summed E-state index contributed by atoms with van der Waals surface area (Å²) in [6.07, 6.45) is 3.63. The molecular weight excluding hydrogens is 346 g/mol. The van der Waals surface area contributed by atoms with Crippen LogP contribution in [0.2, 0.25) is 0 Å². The van der Waals surface area contributed by atoms with Crippen LogP contribution < -0.4 is 10.2 Å². The predicted octanol–water partition coefficient (Wildman–Crippen LogP) is 3.26. The Bertz CT molecular complexity index is 732. The van der Waals surface area contributed by atoms with E-state index in [9.17, 15) is 4.79 Å². The van der Waals surface area contributed by atoms with Crippen molar-refractivity contribution in [3.05, 3.63) is 30.3 Å². The van der Waals surface area contributed by atoms with E-state index in [1.807, 2.05) is 39.0 Å². The van der Waals surface area contributed by atoms with Crippen molar-refractivity contribution in [1.82, 2.24) is 20.1 Å². The Morgan fingerprint density at radius 3 is 2.46 bits per heavy atom. The van der Waals surface area contributed by atoms with E-state index in [0.717, 1.165) is 29.9 Å². The molecule has 0 atom stereocenters. The molecule has 0 saturated carbocycles. The Labute approximate surface area is 159 Å². The summed E-state index contributed by atoms with van der Waals surface area (Å²) in [5.41, 5.74) is 0.792. The van der Waals surface area contributed by atoms with Gasteiger partial charge in [0.15, 0.2) is 5.16 Å². The van der Waals surface area contributed by atoms with Crippen LogP contribution in [0.3, 0.4) is 0 Å². The van der Waals surface area contributed by atoms with Crippen LogP contribution in [-0.2, 0) is 4.79 Å². The second-order valence-corrected chi connectivity index (χ2v) is 8.53. The van der Waals surface area contributed by atoms with Crippen LogP contribution >= 0.6 is 11.8 Å². The molecule has 2 heterocycles. The molecule has 1 fully saturated rings. The lowest BCUT2D eigenvalue weighted by atomic mass is 10.1. The Morgan fingerprint density at radius 1 is 1.12 bits per heavy atom. The van der Waals surface area contributed by atoms with E-state index in [0.29, 0.717) is 5.75 Å². The van der Waals surface area contributed by atoms with Gasteiger partial charge in [0, 0.05) is 18.6 Å². The number of aromatic nitrogens is 3. The first kappa shape index (κ1) is 18.8. The van der Waals surface area contributed by atoms with Gasteiger partial charge in [0.25, 0.3) is 0 Å². The summed E-state index contributed by atoms with van der Waals surface area (Å²) >= 11 is 1.43. The number of nitrogens with one attached hydrogen (secondary N) is 1. The van der Waals surface area contributed by atoms with Crippen molar-refractivity contribution in [2.45, 2.75) is 50.7 Å². The van der Waals surface area contributed by atoms with Gasteiger partial charge in [-0.05, 0) is 52.2 Å². The fourth-order valence-electron chi connectivity index (χ4n) is 3.04. The van der Waals surface area contributed by atoms with Crippen LogP contribution in [0.1, 0.15) is 40.0 Å². The highest BCUT2D eigenvalue weighted by Gasteiger charge is 2.22. The van der Waals surface area contributed by atoms with Crippen molar-refractivity contribution in [3.8, 4) is 5.69 Å². The Hall–Kier alpha value is -2.02. The summed E-state index contributed by atoms with van der Waals surface area (Å²) in [6, 6.07) is 10.1. The molecule has 0 unspecified atom stereocenters. The van der Waals surface area contributed by atoms with Crippen molar-refractivity contribution >= 4 is 23.6 Å². The quantitative estimate of drug-likeness (QED) is 0.815. The van der Waals surface area contributed by atoms with E-state index in [2.05, 4.69) is 37.1 Å². The van der Waals surface area contributed by atoms with Gasteiger partial charge in [-0.3, -0.25) is 9.36 Å². The second kappa shape index (κ2) is 8.12. The van der Waals surface area contributed by atoms with Gasteiger partial charge >= 0.3 is 0 Å². The number of rotatable bonds is 5.